The lowest BCUT2D eigenvalue weighted by atomic mass is 10.0. The first-order valence-electron chi connectivity index (χ1n) is 10.1. The van der Waals surface area contributed by atoms with Gasteiger partial charge < -0.3 is 14.7 Å². The minimum Gasteiger partial charge on any atom is -0.488 e. The molecule has 1 aromatic heterocycles. The van der Waals surface area contributed by atoms with Crippen LogP contribution in [-0.4, -0.2) is 46.7 Å². The number of pyridine rings is 1. The van der Waals surface area contributed by atoms with Crippen LogP contribution in [0.5, 0.6) is 5.75 Å². The fourth-order valence-electron chi connectivity index (χ4n) is 3.72. The first-order chi connectivity index (χ1) is 13.2. The van der Waals surface area contributed by atoms with E-state index in [1.807, 2.05) is 12.3 Å². The van der Waals surface area contributed by atoms with Crippen molar-refractivity contribution in [2.75, 3.05) is 19.6 Å². The van der Waals surface area contributed by atoms with Crippen LogP contribution in [0.4, 0.5) is 0 Å². The highest BCUT2D eigenvalue weighted by molar-refractivity contribution is 5.85. The number of carboxylic acids is 1. The smallest absolute Gasteiger partial charge is 0.303 e. The second kappa shape index (κ2) is 9.70. The minimum atomic E-state index is -0.712. The van der Waals surface area contributed by atoms with E-state index >= 15 is 0 Å². The molecule has 2 heterocycles. The number of hydrogen-bond donors (Lipinski definition) is 1. The summed E-state index contributed by atoms with van der Waals surface area (Å²) < 4.78 is 6.40. The number of ether oxygens (including phenoxy) is 1. The summed E-state index contributed by atoms with van der Waals surface area (Å²) in [6, 6.07) is 8.49. The van der Waals surface area contributed by atoms with Gasteiger partial charge in [0.15, 0.2) is 0 Å². The van der Waals surface area contributed by atoms with Gasteiger partial charge in [-0.2, -0.15) is 0 Å². The average molecular weight is 370 g/mol. The van der Waals surface area contributed by atoms with E-state index < -0.39 is 5.97 Å². The third kappa shape index (κ3) is 5.67. The van der Waals surface area contributed by atoms with Gasteiger partial charge in [-0.3, -0.25) is 9.78 Å². The predicted molar refractivity (Wildman–Crippen MR) is 107 cm³/mol. The van der Waals surface area contributed by atoms with Crippen LogP contribution in [0.25, 0.3) is 10.9 Å². The van der Waals surface area contributed by atoms with Crippen LogP contribution in [-0.2, 0) is 11.2 Å². The molecule has 1 N–H and O–H groups in total. The molecule has 146 valence electrons. The molecule has 0 amide bonds. The van der Waals surface area contributed by atoms with Gasteiger partial charge in [-0.25, -0.2) is 0 Å². The van der Waals surface area contributed by atoms with Crippen molar-refractivity contribution in [1.29, 1.82) is 0 Å². The monoisotopic (exact) mass is 370 g/mol. The molecule has 0 spiro atoms. The first-order valence-corrected chi connectivity index (χ1v) is 10.1. The summed E-state index contributed by atoms with van der Waals surface area (Å²) in [5.41, 5.74) is 2.26. The highest BCUT2D eigenvalue weighted by Crippen LogP contribution is 2.29. The van der Waals surface area contributed by atoms with Gasteiger partial charge in [-0.15, -0.1) is 0 Å². The van der Waals surface area contributed by atoms with Crippen LogP contribution in [0.1, 0.15) is 51.0 Å². The molecule has 3 rings (SSSR count). The second-order valence-corrected chi connectivity index (χ2v) is 7.43. The molecule has 5 nitrogen and oxygen atoms in total. The van der Waals surface area contributed by atoms with E-state index in [2.05, 4.69) is 35.0 Å². The highest BCUT2D eigenvalue weighted by Gasteiger charge is 2.21. The van der Waals surface area contributed by atoms with Crippen LogP contribution >= 0.6 is 0 Å². The standard InChI is InChI=1S/C22H30N2O3/c1-2-3-6-17-15-18-7-4-11-23-22(18)20(16-17)27-19-9-13-24(14-10-19)12-5-8-21(25)26/h4,7,11,15-16,19H,2-3,5-6,8-10,12-14H2,1H3,(H,25,26). The number of likely N-dealkylation sites (tertiary alicyclic amines) is 1. The number of unbranched alkanes of at least 4 members (excludes halogenated alkanes) is 1. The number of aryl methyl sites for hydroxylation is 1. The third-order valence-corrected chi connectivity index (χ3v) is 5.24. The molecule has 0 atom stereocenters. The highest BCUT2D eigenvalue weighted by atomic mass is 16.5. The van der Waals surface area contributed by atoms with Crippen LogP contribution in [0.15, 0.2) is 30.5 Å². The van der Waals surface area contributed by atoms with Crippen molar-refractivity contribution >= 4 is 16.9 Å². The minimum absolute atomic E-state index is 0.201. The summed E-state index contributed by atoms with van der Waals surface area (Å²) in [5.74, 6) is 0.194. The lowest BCUT2D eigenvalue weighted by Crippen LogP contribution is -2.38. The van der Waals surface area contributed by atoms with Gasteiger partial charge in [0, 0.05) is 31.1 Å². The largest absolute Gasteiger partial charge is 0.488 e. The first kappa shape index (κ1) is 19.6. The van der Waals surface area contributed by atoms with Crippen molar-refractivity contribution in [3.63, 3.8) is 0 Å². The molecule has 2 aromatic rings. The van der Waals surface area contributed by atoms with Crippen molar-refractivity contribution in [2.24, 2.45) is 0 Å². The summed E-state index contributed by atoms with van der Waals surface area (Å²) in [7, 11) is 0. The molecule has 5 heteroatoms. The number of aliphatic carboxylic acids is 1. The summed E-state index contributed by atoms with van der Waals surface area (Å²) in [5, 5.41) is 9.91. The zero-order valence-electron chi connectivity index (χ0n) is 16.2. The quantitative estimate of drug-likeness (QED) is 0.713. The number of carbonyl (C=O) groups is 1. The van der Waals surface area contributed by atoms with Gasteiger partial charge in [0.25, 0.3) is 0 Å². The molecular weight excluding hydrogens is 340 g/mol. The fraction of sp³-hybridized carbons (Fsp3) is 0.545. The normalized spacial score (nSPS) is 15.9. The molecule has 1 saturated heterocycles. The van der Waals surface area contributed by atoms with E-state index in [9.17, 15) is 4.79 Å². The van der Waals surface area contributed by atoms with E-state index in [0.29, 0.717) is 0 Å². The van der Waals surface area contributed by atoms with Gasteiger partial charge >= 0.3 is 5.97 Å². The summed E-state index contributed by atoms with van der Waals surface area (Å²) in [6.07, 6.45) is 8.37. The molecule has 0 saturated carbocycles. The van der Waals surface area contributed by atoms with Crippen molar-refractivity contribution in [1.82, 2.24) is 9.88 Å². The Labute approximate surface area is 161 Å². The Kier molecular flexibility index (Phi) is 7.04. The molecule has 0 aliphatic carbocycles. The van der Waals surface area contributed by atoms with E-state index in [0.717, 1.165) is 62.0 Å². The SMILES string of the molecule is CCCCc1cc(OC2CCN(CCCC(=O)O)CC2)c2ncccc2c1. The lowest BCUT2D eigenvalue weighted by Gasteiger charge is -2.32. The number of piperidine rings is 1. The number of aromatic nitrogens is 1. The molecular formula is C22H30N2O3. The Morgan fingerprint density at radius 2 is 2.11 bits per heavy atom. The van der Waals surface area contributed by atoms with Gasteiger partial charge in [0.2, 0.25) is 0 Å². The molecule has 0 unspecified atom stereocenters. The van der Waals surface area contributed by atoms with E-state index in [-0.39, 0.29) is 12.5 Å². The van der Waals surface area contributed by atoms with Crippen LogP contribution in [0, 0.1) is 0 Å². The predicted octanol–water partition coefficient (Wildman–Crippen LogP) is 4.29. The number of carboxylic acid groups (broad SMARTS) is 1. The van der Waals surface area contributed by atoms with Crippen LogP contribution in [0.2, 0.25) is 0 Å². The molecule has 1 aliphatic heterocycles. The number of nitrogens with zero attached hydrogens (tertiary/aromatic N) is 2. The van der Waals surface area contributed by atoms with E-state index in [1.165, 1.54) is 18.4 Å². The second-order valence-electron chi connectivity index (χ2n) is 7.43. The maximum Gasteiger partial charge on any atom is 0.303 e. The zero-order chi connectivity index (χ0) is 19.1. The summed E-state index contributed by atoms with van der Waals surface area (Å²) >= 11 is 0. The van der Waals surface area contributed by atoms with Gasteiger partial charge in [-0.1, -0.05) is 19.4 Å². The van der Waals surface area contributed by atoms with Crippen LogP contribution < -0.4 is 4.74 Å². The molecule has 0 bridgehead atoms. The summed E-state index contributed by atoms with van der Waals surface area (Å²) in [6.45, 7) is 5.00. The van der Waals surface area contributed by atoms with Crippen molar-refractivity contribution in [3.05, 3.63) is 36.0 Å². The van der Waals surface area contributed by atoms with E-state index in [1.54, 1.807) is 0 Å². The number of fused-ring (bicyclic) bond motifs is 1. The summed E-state index contributed by atoms with van der Waals surface area (Å²) in [4.78, 5) is 17.5. The molecule has 1 aromatic carbocycles. The van der Waals surface area contributed by atoms with Crippen molar-refractivity contribution in [2.45, 2.75) is 58.0 Å². The van der Waals surface area contributed by atoms with Gasteiger partial charge in [-0.05, 0) is 62.4 Å². The third-order valence-electron chi connectivity index (χ3n) is 5.24. The van der Waals surface area contributed by atoms with Gasteiger partial charge in [0.05, 0.1) is 0 Å². The van der Waals surface area contributed by atoms with Gasteiger partial charge in [0.1, 0.15) is 17.4 Å². The Morgan fingerprint density at radius 1 is 1.30 bits per heavy atom. The lowest BCUT2D eigenvalue weighted by molar-refractivity contribution is -0.137. The fourth-order valence-corrected chi connectivity index (χ4v) is 3.72. The number of rotatable bonds is 9. The topological polar surface area (TPSA) is 62.7 Å². The number of benzene rings is 1. The molecule has 0 radical (unpaired) electrons. The molecule has 1 fully saturated rings. The number of hydrogen-bond acceptors (Lipinski definition) is 4. The zero-order valence-corrected chi connectivity index (χ0v) is 16.2. The van der Waals surface area contributed by atoms with Crippen molar-refractivity contribution in [3.8, 4) is 5.75 Å². The van der Waals surface area contributed by atoms with Crippen LogP contribution in [0.3, 0.4) is 0 Å². The molecule has 1 aliphatic rings. The van der Waals surface area contributed by atoms with Crippen molar-refractivity contribution < 1.29 is 14.6 Å². The average Bonchev–Trinajstić information content (AvgIpc) is 2.67. The van der Waals surface area contributed by atoms with E-state index in [4.69, 9.17) is 9.84 Å². The molecule has 27 heavy (non-hydrogen) atoms. The maximum atomic E-state index is 10.7. The Morgan fingerprint density at radius 3 is 2.85 bits per heavy atom. The maximum absolute atomic E-state index is 10.7. The Bertz CT molecular complexity index is 754. The Balaban J connectivity index is 1.62. The Hall–Kier alpha value is -2.14.